The third-order valence-corrected chi connectivity index (χ3v) is 6.40. The lowest BCUT2D eigenvalue weighted by Crippen LogP contribution is -2.40. The number of aryl methyl sites for hydroxylation is 2. The summed E-state index contributed by atoms with van der Waals surface area (Å²) in [4.78, 5) is 33.7. The average Bonchev–Trinajstić information content (AvgIpc) is 3.20. The SMILES string of the molecule is COc1cccc(N2C[C@H](C)Cn3c2nc2c3c(=O)n(Cc3ccccc3C)c(=O)n2C)c1. The van der Waals surface area contributed by atoms with Crippen molar-refractivity contribution in [3.63, 3.8) is 0 Å². The monoisotopic (exact) mass is 445 g/mol. The van der Waals surface area contributed by atoms with E-state index in [-0.39, 0.29) is 23.7 Å². The molecule has 8 heteroatoms. The molecule has 0 spiro atoms. The Morgan fingerprint density at radius 3 is 2.64 bits per heavy atom. The number of fused-ring (bicyclic) bond motifs is 3. The van der Waals surface area contributed by atoms with Crippen LogP contribution in [-0.2, 0) is 20.1 Å². The van der Waals surface area contributed by atoms with Gasteiger partial charge in [-0.15, -0.1) is 0 Å². The summed E-state index contributed by atoms with van der Waals surface area (Å²) in [5.74, 6) is 1.70. The number of nitrogens with zero attached hydrogens (tertiary/aromatic N) is 5. The van der Waals surface area contributed by atoms with Crippen LogP contribution in [0.3, 0.4) is 0 Å². The summed E-state index contributed by atoms with van der Waals surface area (Å²) in [5.41, 5.74) is 3.10. The third kappa shape index (κ3) is 3.42. The topological polar surface area (TPSA) is 74.3 Å². The minimum Gasteiger partial charge on any atom is -0.497 e. The molecule has 0 unspecified atom stereocenters. The van der Waals surface area contributed by atoms with Gasteiger partial charge in [-0.05, 0) is 36.1 Å². The number of methoxy groups -OCH3 is 1. The zero-order chi connectivity index (χ0) is 23.3. The van der Waals surface area contributed by atoms with Crippen LogP contribution in [0.15, 0.2) is 58.1 Å². The molecule has 0 fully saturated rings. The number of aromatic nitrogens is 4. The van der Waals surface area contributed by atoms with Gasteiger partial charge < -0.3 is 14.2 Å². The number of anilines is 2. The van der Waals surface area contributed by atoms with E-state index in [9.17, 15) is 9.59 Å². The van der Waals surface area contributed by atoms with Gasteiger partial charge in [0.1, 0.15) is 5.75 Å². The molecule has 3 heterocycles. The largest absolute Gasteiger partial charge is 0.497 e. The fraction of sp³-hybridized carbons (Fsp3) is 0.320. The summed E-state index contributed by atoms with van der Waals surface area (Å²) in [6, 6.07) is 15.6. The minimum atomic E-state index is -0.368. The van der Waals surface area contributed by atoms with Gasteiger partial charge in [-0.25, -0.2) is 4.79 Å². The Kier molecular flexibility index (Phi) is 5.08. The first-order valence-electron chi connectivity index (χ1n) is 11.0. The van der Waals surface area contributed by atoms with Gasteiger partial charge in [0.05, 0.1) is 13.7 Å². The predicted molar refractivity (Wildman–Crippen MR) is 129 cm³/mol. The molecule has 0 amide bonds. The summed E-state index contributed by atoms with van der Waals surface area (Å²) in [7, 11) is 3.32. The van der Waals surface area contributed by atoms with Crippen molar-refractivity contribution < 1.29 is 4.74 Å². The Balaban J connectivity index is 1.72. The van der Waals surface area contributed by atoms with Gasteiger partial charge in [-0.1, -0.05) is 37.3 Å². The highest BCUT2D eigenvalue weighted by Crippen LogP contribution is 2.34. The molecule has 8 nitrogen and oxygen atoms in total. The number of hydrogen-bond acceptors (Lipinski definition) is 5. The van der Waals surface area contributed by atoms with Crippen LogP contribution >= 0.6 is 0 Å². The Morgan fingerprint density at radius 2 is 1.88 bits per heavy atom. The first-order valence-corrected chi connectivity index (χ1v) is 11.0. The van der Waals surface area contributed by atoms with Crippen molar-refractivity contribution in [3.05, 3.63) is 80.5 Å². The average molecular weight is 446 g/mol. The second-order valence-electron chi connectivity index (χ2n) is 8.77. The van der Waals surface area contributed by atoms with Crippen molar-refractivity contribution in [1.82, 2.24) is 18.7 Å². The van der Waals surface area contributed by atoms with Crippen LogP contribution in [0.4, 0.5) is 11.6 Å². The molecule has 0 aliphatic carbocycles. The molecule has 33 heavy (non-hydrogen) atoms. The van der Waals surface area contributed by atoms with E-state index in [1.54, 1.807) is 14.2 Å². The Bertz CT molecular complexity index is 1480. The highest BCUT2D eigenvalue weighted by atomic mass is 16.5. The van der Waals surface area contributed by atoms with Gasteiger partial charge in [0.25, 0.3) is 5.56 Å². The summed E-state index contributed by atoms with van der Waals surface area (Å²) in [6.07, 6.45) is 0. The second-order valence-corrected chi connectivity index (χ2v) is 8.77. The van der Waals surface area contributed by atoms with Crippen molar-refractivity contribution in [2.45, 2.75) is 26.9 Å². The van der Waals surface area contributed by atoms with Crippen LogP contribution in [0.5, 0.6) is 5.75 Å². The highest BCUT2D eigenvalue weighted by molar-refractivity contribution is 5.77. The zero-order valence-electron chi connectivity index (χ0n) is 19.3. The normalized spacial score (nSPS) is 15.6. The Morgan fingerprint density at radius 1 is 1.09 bits per heavy atom. The quantitative estimate of drug-likeness (QED) is 0.483. The number of rotatable bonds is 4. The van der Waals surface area contributed by atoms with Crippen LogP contribution in [0.2, 0.25) is 0 Å². The van der Waals surface area contributed by atoms with Gasteiger partial charge in [0.15, 0.2) is 11.2 Å². The fourth-order valence-corrected chi connectivity index (χ4v) is 4.60. The molecule has 2 aromatic carbocycles. The van der Waals surface area contributed by atoms with Crippen LogP contribution in [0, 0.1) is 12.8 Å². The van der Waals surface area contributed by atoms with E-state index in [4.69, 9.17) is 9.72 Å². The molecule has 0 N–H and O–H groups in total. The minimum absolute atomic E-state index is 0.226. The molecule has 0 bridgehead atoms. The zero-order valence-corrected chi connectivity index (χ0v) is 19.3. The molecule has 170 valence electrons. The lowest BCUT2D eigenvalue weighted by Gasteiger charge is -2.33. The first-order chi connectivity index (χ1) is 15.9. The molecule has 5 rings (SSSR count). The Hall–Kier alpha value is -3.81. The molecule has 1 aliphatic heterocycles. The molecule has 4 aromatic rings. The first kappa shape index (κ1) is 21.1. The summed E-state index contributed by atoms with van der Waals surface area (Å²) >= 11 is 0. The number of benzene rings is 2. The maximum absolute atomic E-state index is 13.7. The molecular weight excluding hydrogens is 418 g/mol. The summed E-state index contributed by atoms with van der Waals surface area (Å²) in [5, 5.41) is 0. The summed E-state index contributed by atoms with van der Waals surface area (Å²) in [6.45, 7) is 5.77. The Labute approximate surface area is 191 Å². The molecule has 0 saturated carbocycles. The van der Waals surface area contributed by atoms with E-state index in [0.29, 0.717) is 23.7 Å². The van der Waals surface area contributed by atoms with E-state index >= 15 is 0 Å². The maximum atomic E-state index is 13.7. The highest BCUT2D eigenvalue weighted by Gasteiger charge is 2.30. The molecule has 1 aliphatic rings. The summed E-state index contributed by atoms with van der Waals surface area (Å²) < 4.78 is 10.2. The number of hydrogen-bond donors (Lipinski definition) is 0. The van der Waals surface area contributed by atoms with E-state index in [2.05, 4.69) is 11.8 Å². The van der Waals surface area contributed by atoms with Gasteiger partial charge in [-0.2, -0.15) is 4.98 Å². The van der Waals surface area contributed by atoms with Crippen LogP contribution < -0.4 is 20.9 Å². The van der Waals surface area contributed by atoms with Gasteiger partial charge in [-0.3, -0.25) is 13.9 Å². The van der Waals surface area contributed by atoms with E-state index < -0.39 is 0 Å². The number of imidazole rings is 1. The van der Waals surface area contributed by atoms with Gasteiger partial charge in [0.2, 0.25) is 5.95 Å². The molecule has 0 saturated heterocycles. The van der Waals surface area contributed by atoms with Crippen LogP contribution in [0.25, 0.3) is 11.2 Å². The second kappa shape index (κ2) is 7.95. The van der Waals surface area contributed by atoms with Crippen LogP contribution in [-0.4, -0.2) is 32.3 Å². The molecule has 0 radical (unpaired) electrons. The van der Waals surface area contributed by atoms with Crippen molar-refractivity contribution in [2.75, 3.05) is 18.6 Å². The van der Waals surface area contributed by atoms with E-state index in [0.717, 1.165) is 29.1 Å². The van der Waals surface area contributed by atoms with Gasteiger partial charge >= 0.3 is 5.69 Å². The van der Waals surface area contributed by atoms with Crippen molar-refractivity contribution in [1.29, 1.82) is 0 Å². The standard InChI is InChI=1S/C25H27N5O3/c1-16-13-28(19-10-7-11-20(12-19)33-4)24-26-22-21(29(24)14-16)23(31)30(25(32)27(22)3)15-18-9-6-5-8-17(18)2/h5-12,16H,13-15H2,1-4H3/t16-/m0/s1. The predicted octanol–water partition coefficient (Wildman–Crippen LogP) is 3.05. The van der Waals surface area contributed by atoms with Crippen LogP contribution in [0.1, 0.15) is 18.1 Å². The van der Waals surface area contributed by atoms with E-state index in [1.165, 1.54) is 9.13 Å². The van der Waals surface area contributed by atoms with Crippen molar-refractivity contribution in [3.8, 4) is 5.75 Å². The molecular formula is C25H27N5O3. The lowest BCUT2D eigenvalue weighted by atomic mass is 10.1. The van der Waals surface area contributed by atoms with Gasteiger partial charge in [0, 0.05) is 31.9 Å². The fourth-order valence-electron chi connectivity index (χ4n) is 4.60. The lowest BCUT2D eigenvalue weighted by molar-refractivity contribution is 0.414. The van der Waals surface area contributed by atoms with E-state index in [1.807, 2.05) is 60.0 Å². The smallest absolute Gasteiger partial charge is 0.332 e. The number of ether oxygens (including phenoxy) is 1. The van der Waals surface area contributed by atoms with Crippen molar-refractivity contribution >= 4 is 22.8 Å². The molecule has 1 atom stereocenters. The maximum Gasteiger partial charge on any atom is 0.332 e. The molecule has 2 aromatic heterocycles. The van der Waals surface area contributed by atoms with Crippen molar-refractivity contribution in [2.24, 2.45) is 13.0 Å². The third-order valence-electron chi connectivity index (χ3n) is 6.40.